The molecule has 1 aromatic carbocycles. The molecule has 2 atom stereocenters. The molecule has 0 saturated heterocycles. The Balaban J connectivity index is 1.89. The molecule has 2 rings (SSSR count). The molecule has 0 amide bonds. The Morgan fingerprint density at radius 1 is 1.39 bits per heavy atom. The van der Waals surface area contributed by atoms with Gasteiger partial charge < -0.3 is 5.73 Å². The van der Waals surface area contributed by atoms with Crippen molar-refractivity contribution in [3.05, 3.63) is 34.3 Å². The van der Waals surface area contributed by atoms with Crippen molar-refractivity contribution < 1.29 is 0 Å². The number of thioether (sulfide) groups is 1. The lowest BCUT2D eigenvalue weighted by Crippen LogP contribution is -2.15. The number of hydrogen-bond donors (Lipinski definition) is 1. The molecule has 0 spiro atoms. The highest BCUT2D eigenvalue weighted by atomic mass is 35.5. The van der Waals surface area contributed by atoms with Crippen LogP contribution in [0.25, 0.3) is 0 Å². The fourth-order valence-corrected chi connectivity index (χ4v) is 4.39. The fraction of sp³-hybridized carbons (Fsp3) is 0.600. The van der Waals surface area contributed by atoms with Crippen LogP contribution in [0.2, 0.25) is 5.02 Å². The van der Waals surface area contributed by atoms with Crippen LogP contribution in [0.1, 0.15) is 43.7 Å². The lowest BCUT2D eigenvalue weighted by Gasteiger charge is -2.26. The van der Waals surface area contributed by atoms with Gasteiger partial charge in [0, 0.05) is 22.6 Å². The minimum atomic E-state index is 0.563. The van der Waals surface area contributed by atoms with Crippen molar-refractivity contribution in [2.45, 2.75) is 50.2 Å². The molecule has 100 valence electrons. The van der Waals surface area contributed by atoms with E-state index in [-0.39, 0.29) is 0 Å². The first-order chi connectivity index (χ1) is 8.69. The number of hydrogen-bond acceptors (Lipinski definition) is 2. The molecular formula is C15H22ClNS. The van der Waals surface area contributed by atoms with E-state index in [0.29, 0.717) is 6.54 Å². The van der Waals surface area contributed by atoms with E-state index < -0.39 is 0 Å². The van der Waals surface area contributed by atoms with Crippen LogP contribution in [0, 0.1) is 5.92 Å². The Hall–Kier alpha value is -0.180. The van der Waals surface area contributed by atoms with Crippen LogP contribution < -0.4 is 5.73 Å². The van der Waals surface area contributed by atoms with Gasteiger partial charge in [-0.3, -0.25) is 0 Å². The molecule has 1 fully saturated rings. The van der Waals surface area contributed by atoms with Gasteiger partial charge in [-0.25, -0.2) is 0 Å². The molecule has 1 aliphatic rings. The van der Waals surface area contributed by atoms with Crippen LogP contribution >= 0.6 is 23.4 Å². The Kier molecular flexibility index (Phi) is 5.40. The first kappa shape index (κ1) is 14.2. The third-order valence-corrected chi connectivity index (χ3v) is 5.45. The zero-order valence-electron chi connectivity index (χ0n) is 11.0. The molecule has 0 heterocycles. The van der Waals surface area contributed by atoms with Gasteiger partial charge in [0.1, 0.15) is 0 Å². The second kappa shape index (κ2) is 6.83. The zero-order chi connectivity index (χ0) is 13.0. The molecule has 18 heavy (non-hydrogen) atoms. The second-order valence-corrected chi connectivity index (χ2v) is 7.03. The molecule has 0 aliphatic heterocycles. The third kappa shape index (κ3) is 3.91. The van der Waals surface area contributed by atoms with Crippen LogP contribution in [-0.4, -0.2) is 5.25 Å². The molecule has 1 aliphatic carbocycles. The van der Waals surface area contributed by atoms with Gasteiger partial charge in [0.2, 0.25) is 0 Å². The predicted octanol–water partition coefficient (Wildman–Crippen LogP) is 4.61. The van der Waals surface area contributed by atoms with E-state index in [1.54, 1.807) is 0 Å². The molecule has 0 bridgehead atoms. The maximum Gasteiger partial charge on any atom is 0.0449 e. The summed E-state index contributed by atoms with van der Waals surface area (Å²) in [6.45, 7) is 2.93. The lowest BCUT2D eigenvalue weighted by atomic mass is 9.91. The normalized spacial score (nSPS) is 24.2. The summed E-state index contributed by atoms with van der Waals surface area (Å²) < 4.78 is 0. The molecule has 2 unspecified atom stereocenters. The molecule has 3 heteroatoms. The van der Waals surface area contributed by atoms with Gasteiger partial charge in [-0.2, -0.15) is 11.8 Å². The summed E-state index contributed by atoms with van der Waals surface area (Å²) >= 11 is 8.35. The van der Waals surface area contributed by atoms with Gasteiger partial charge in [-0.1, -0.05) is 43.5 Å². The maximum atomic E-state index is 6.29. The molecule has 1 aromatic rings. The van der Waals surface area contributed by atoms with E-state index in [9.17, 15) is 0 Å². The first-order valence-electron chi connectivity index (χ1n) is 6.78. The Bertz CT molecular complexity index is 394. The zero-order valence-corrected chi connectivity index (χ0v) is 12.6. The largest absolute Gasteiger partial charge is 0.326 e. The Morgan fingerprint density at radius 2 is 2.22 bits per heavy atom. The number of rotatable bonds is 4. The van der Waals surface area contributed by atoms with E-state index in [2.05, 4.69) is 30.8 Å². The summed E-state index contributed by atoms with van der Waals surface area (Å²) in [6.07, 6.45) is 5.53. The molecule has 0 radical (unpaired) electrons. The maximum absolute atomic E-state index is 6.29. The van der Waals surface area contributed by atoms with Crippen LogP contribution in [0.4, 0.5) is 0 Å². The minimum Gasteiger partial charge on any atom is -0.326 e. The number of halogens is 1. The van der Waals surface area contributed by atoms with Gasteiger partial charge in [0.25, 0.3) is 0 Å². The van der Waals surface area contributed by atoms with Gasteiger partial charge in [0.05, 0.1) is 0 Å². The Morgan fingerprint density at radius 3 is 2.89 bits per heavy atom. The average molecular weight is 284 g/mol. The van der Waals surface area contributed by atoms with E-state index in [4.69, 9.17) is 17.3 Å². The number of nitrogens with two attached hydrogens (primary N) is 1. The molecule has 2 N–H and O–H groups in total. The van der Waals surface area contributed by atoms with Crippen LogP contribution in [-0.2, 0) is 12.3 Å². The molecule has 1 saturated carbocycles. The van der Waals surface area contributed by atoms with Gasteiger partial charge in [0.15, 0.2) is 0 Å². The second-order valence-electron chi connectivity index (χ2n) is 5.33. The predicted molar refractivity (Wildman–Crippen MR) is 82.1 cm³/mol. The average Bonchev–Trinajstić information content (AvgIpc) is 2.37. The van der Waals surface area contributed by atoms with Crippen LogP contribution in [0.5, 0.6) is 0 Å². The van der Waals surface area contributed by atoms with Gasteiger partial charge in [-0.05, 0) is 36.0 Å². The summed E-state index contributed by atoms with van der Waals surface area (Å²) in [5.41, 5.74) is 7.97. The van der Waals surface area contributed by atoms with E-state index in [1.807, 2.05) is 6.07 Å². The molecule has 1 nitrogen and oxygen atoms in total. The van der Waals surface area contributed by atoms with Gasteiger partial charge in [-0.15, -0.1) is 0 Å². The molecule has 0 aromatic heterocycles. The van der Waals surface area contributed by atoms with Crippen molar-refractivity contribution in [2.24, 2.45) is 11.7 Å². The van der Waals surface area contributed by atoms with Crippen molar-refractivity contribution in [3.63, 3.8) is 0 Å². The lowest BCUT2D eigenvalue weighted by molar-refractivity contribution is 0.394. The quantitative estimate of drug-likeness (QED) is 0.873. The van der Waals surface area contributed by atoms with Crippen molar-refractivity contribution in [1.29, 1.82) is 0 Å². The standard InChI is InChI=1S/C15H22ClNS/c1-11-3-2-4-14(7-11)18-10-13-6-5-12(9-17)8-15(13)16/h5-6,8,11,14H,2-4,7,9-10,17H2,1H3. The van der Waals surface area contributed by atoms with Crippen molar-refractivity contribution in [2.75, 3.05) is 0 Å². The van der Waals surface area contributed by atoms with E-state index in [0.717, 1.165) is 27.5 Å². The van der Waals surface area contributed by atoms with Crippen LogP contribution in [0.3, 0.4) is 0 Å². The van der Waals surface area contributed by atoms with Crippen molar-refractivity contribution >= 4 is 23.4 Å². The van der Waals surface area contributed by atoms with Crippen LogP contribution in [0.15, 0.2) is 18.2 Å². The monoisotopic (exact) mass is 283 g/mol. The minimum absolute atomic E-state index is 0.563. The summed E-state index contributed by atoms with van der Waals surface area (Å²) in [5.74, 6) is 1.92. The Labute approximate surface area is 119 Å². The highest BCUT2D eigenvalue weighted by molar-refractivity contribution is 7.99. The topological polar surface area (TPSA) is 26.0 Å². The highest BCUT2D eigenvalue weighted by Gasteiger charge is 2.19. The SMILES string of the molecule is CC1CCCC(SCc2ccc(CN)cc2Cl)C1. The van der Waals surface area contributed by atoms with E-state index >= 15 is 0 Å². The third-order valence-electron chi connectivity index (χ3n) is 3.72. The summed E-state index contributed by atoms with van der Waals surface area (Å²) in [5, 5.41) is 1.69. The summed E-state index contributed by atoms with van der Waals surface area (Å²) in [4.78, 5) is 0. The highest BCUT2D eigenvalue weighted by Crippen LogP contribution is 2.34. The number of benzene rings is 1. The fourth-order valence-electron chi connectivity index (χ4n) is 2.57. The van der Waals surface area contributed by atoms with E-state index in [1.165, 1.54) is 31.2 Å². The van der Waals surface area contributed by atoms with Gasteiger partial charge >= 0.3 is 0 Å². The first-order valence-corrected chi connectivity index (χ1v) is 8.20. The summed E-state index contributed by atoms with van der Waals surface area (Å²) in [6, 6.07) is 6.22. The summed E-state index contributed by atoms with van der Waals surface area (Å²) in [7, 11) is 0. The van der Waals surface area contributed by atoms with Crippen molar-refractivity contribution in [3.8, 4) is 0 Å². The van der Waals surface area contributed by atoms with Crippen molar-refractivity contribution in [1.82, 2.24) is 0 Å². The smallest absolute Gasteiger partial charge is 0.0449 e. The molecular weight excluding hydrogens is 262 g/mol.